The van der Waals surface area contributed by atoms with E-state index < -0.39 is 12.7 Å². The molecule has 1 atom stereocenters. The Hall–Kier alpha value is -0.750. The van der Waals surface area contributed by atoms with Gasteiger partial charge in [-0.2, -0.15) is 13.2 Å². The fourth-order valence-electron chi connectivity index (χ4n) is 1.88. The maximum Gasteiger partial charge on any atom is 0.405 e. The van der Waals surface area contributed by atoms with Crippen LogP contribution < -0.4 is 10.2 Å². The maximum absolute atomic E-state index is 12.3. The molecule has 1 aromatic rings. The summed E-state index contributed by atoms with van der Waals surface area (Å²) in [5.74, 6) is 0. The van der Waals surface area contributed by atoms with E-state index in [0.717, 1.165) is 16.6 Å². The first-order valence-corrected chi connectivity index (χ1v) is 6.84. The van der Waals surface area contributed by atoms with Gasteiger partial charge < -0.3 is 10.2 Å². The Kier molecular flexibility index (Phi) is 5.67. The van der Waals surface area contributed by atoms with E-state index in [-0.39, 0.29) is 6.04 Å². The van der Waals surface area contributed by atoms with Gasteiger partial charge in [-0.1, -0.05) is 28.9 Å². The molecule has 108 valence electrons. The van der Waals surface area contributed by atoms with Crippen molar-refractivity contribution in [3.05, 3.63) is 28.2 Å². The number of rotatable bonds is 5. The summed E-state index contributed by atoms with van der Waals surface area (Å²) in [5, 5.41) is 3.27. The molecule has 0 aliphatic rings. The summed E-state index contributed by atoms with van der Waals surface area (Å²) in [4.78, 5) is 1.19. The van der Waals surface area contributed by atoms with Crippen LogP contribution in [0, 0.1) is 0 Å². The van der Waals surface area contributed by atoms with E-state index in [2.05, 4.69) is 21.2 Å². The number of hydrogen-bond acceptors (Lipinski definition) is 2. The van der Waals surface area contributed by atoms with E-state index >= 15 is 0 Å². The standard InChI is InChI=1S/C13H18BrF3N2/c1-4-18-9(2)11-6-5-10(7-12(11)14)19(3)8-13(15,16)17/h5-7,9,18H,4,8H2,1-3H3. The van der Waals surface area contributed by atoms with Crippen molar-refractivity contribution in [1.29, 1.82) is 0 Å². The van der Waals surface area contributed by atoms with Crippen molar-refractivity contribution in [3.63, 3.8) is 0 Å². The number of nitrogens with zero attached hydrogens (tertiary/aromatic N) is 1. The quantitative estimate of drug-likeness (QED) is 0.868. The SMILES string of the molecule is CCNC(C)c1ccc(N(C)CC(F)(F)F)cc1Br. The van der Waals surface area contributed by atoms with Crippen molar-refractivity contribution in [2.24, 2.45) is 0 Å². The second kappa shape index (κ2) is 6.61. The smallest absolute Gasteiger partial charge is 0.366 e. The van der Waals surface area contributed by atoms with E-state index in [0.29, 0.717) is 5.69 Å². The molecule has 1 rings (SSSR count). The molecule has 0 aromatic heterocycles. The van der Waals surface area contributed by atoms with Gasteiger partial charge in [-0.15, -0.1) is 0 Å². The van der Waals surface area contributed by atoms with Gasteiger partial charge >= 0.3 is 6.18 Å². The number of benzene rings is 1. The summed E-state index contributed by atoms with van der Waals surface area (Å²) < 4.78 is 37.8. The van der Waals surface area contributed by atoms with Crippen LogP contribution in [0.3, 0.4) is 0 Å². The lowest BCUT2D eigenvalue weighted by Gasteiger charge is -2.23. The lowest BCUT2D eigenvalue weighted by atomic mass is 10.1. The van der Waals surface area contributed by atoms with Crippen LogP contribution in [-0.4, -0.2) is 26.3 Å². The van der Waals surface area contributed by atoms with Gasteiger partial charge in [0.1, 0.15) is 6.54 Å². The van der Waals surface area contributed by atoms with Crippen LogP contribution in [-0.2, 0) is 0 Å². The zero-order valence-corrected chi connectivity index (χ0v) is 12.8. The van der Waals surface area contributed by atoms with Crippen LogP contribution in [0.15, 0.2) is 22.7 Å². The van der Waals surface area contributed by atoms with Crippen LogP contribution in [0.25, 0.3) is 0 Å². The second-order valence-corrected chi connectivity index (χ2v) is 5.31. The molecule has 0 saturated heterocycles. The predicted octanol–water partition coefficient (Wildman–Crippen LogP) is 4.12. The Labute approximate surface area is 120 Å². The summed E-state index contributed by atoms with van der Waals surface area (Å²) >= 11 is 3.42. The summed E-state index contributed by atoms with van der Waals surface area (Å²) in [5.41, 5.74) is 1.57. The van der Waals surface area contributed by atoms with Crippen molar-refractivity contribution in [2.45, 2.75) is 26.1 Å². The highest BCUT2D eigenvalue weighted by molar-refractivity contribution is 9.10. The van der Waals surface area contributed by atoms with Crippen molar-refractivity contribution in [2.75, 3.05) is 25.0 Å². The highest BCUT2D eigenvalue weighted by Crippen LogP contribution is 2.29. The number of halogens is 4. The molecule has 0 bridgehead atoms. The number of alkyl halides is 3. The molecule has 19 heavy (non-hydrogen) atoms. The fourth-order valence-corrected chi connectivity index (χ4v) is 2.59. The topological polar surface area (TPSA) is 15.3 Å². The van der Waals surface area contributed by atoms with Crippen molar-refractivity contribution in [1.82, 2.24) is 5.32 Å². The molecule has 0 heterocycles. The minimum absolute atomic E-state index is 0.154. The summed E-state index contributed by atoms with van der Waals surface area (Å²) in [6, 6.07) is 5.43. The third kappa shape index (κ3) is 5.03. The molecule has 0 spiro atoms. The van der Waals surface area contributed by atoms with E-state index in [1.165, 1.54) is 11.9 Å². The largest absolute Gasteiger partial charge is 0.405 e. The normalized spacial score (nSPS) is 13.4. The molecule has 1 aromatic carbocycles. The molecule has 0 radical (unpaired) electrons. The van der Waals surface area contributed by atoms with Gasteiger partial charge in [-0.05, 0) is 31.2 Å². The molecule has 0 fully saturated rings. The first-order chi connectivity index (χ1) is 8.74. The van der Waals surface area contributed by atoms with Gasteiger partial charge in [0.05, 0.1) is 0 Å². The molecule has 6 heteroatoms. The predicted molar refractivity (Wildman–Crippen MR) is 75.6 cm³/mol. The van der Waals surface area contributed by atoms with E-state index in [1.54, 1.807) is 12.1 Å². The van der Waals surface area contributed by atoms with Crippen molar-refractivity contribution < 1.29 is 13.2 Å². The van der Waals surface area contributed by atoms with Crippen molar-refractivity contribution in [3.8, 4) is 0 Å². The third-order valence-corrected chi connectivity index (χ3v) is 3.50. The molecule has 0 aliphatic heterocycles. The first kappa shape index (κ1) is 16.3. The molecular weight excluding hydrogens is 321 g/mol. The monoisotopic (exact) mass is 338 g/mol. The Morgan fingerprint density at radius 3 is 2.47 bits per heavy atom. The van der Waals surface area contributed by atoms with Crippen LogP contribution in [0.4, 0.5) is 18.9 Å². The van der Waals surface area contributed by atoms with Gasteiger partial charge in [0.25, 0.3) is 0 Å². The van der Waals surface area contributed by atoms with E-state index in [9.17, 15) is 13.2 Å². The zero-order chi connectivity index (χ0) is 14.6. The molecular formula is C13H18BrF3N2. The first-order valence-electron chi connectivity index (χ1n) is 6.05. The third-order valence-electron chi connectivity index (χ3n) is 2.82. The number of nitrogens with one attached hydrogen (secondary N) is 1. The van der Waals surface area contributed by atoms with Gasteiger partial charge in [0.2, 0.25) is 0 Å². The Morgan fingerprint density at radius 1 is 1.37 bits per heavy atom. The number of anilines is 1. The average Bonchev–Trinajstić information content (AvgIpc) is 2.26. The minimum atomic E-state index is -4.20. The summed E-state index contributed by atoms with van der Waals surface area (Å²) in [6.45, 7) is 3.91. The highest BCUT2D eigenvalue weighted by Gasteiger charge is 2.29. The summed E-state index contributed by atoms with van der Waals surface area (Å²) in [7, 11) is 1.43. The molecule has 0 saturated carbocycles. The molecule has 2 nitrogen and oxygen atoms in total. The van der Waals surface area contributed by atoms with Crippen LogP contribution in [0.2, 0.25) is 0 Å². The van der Waals surface area contributed by atoms with Gasteiger partial charge in [0.15, 0.2) is 0 Å². The minimum Gasteiger partial charge on any atom is -0.366 e. The number of hydrogen-bond donors (Lipinski definition) is 1. The zero-order valence-electron chi connectivity index (χ0n) is 11.2. The van der Waals surface area contributed by atoms with Crippen LogP contribution >= 0.6 is 15.9 Å². The van der Waals surface area contributed by atoms with Gasteiger partial charge in [0, 0.05) is 23.2 Å². The Morgan fingerprint density at radius 2 is 2.00 bits per heavy atom. The Balaban J connectivity index is 2.87. The second-order valence-electron chi connectivity index (χ2n) is 4.46. The average molecular weight is 339 g/mol. The van der Waals surface area contributed by atoms with Crippen molar-refractivity contribution >= 4 is 21.6 Å². The van der Waals surface area contributed by atoms with Gasteiger partial charge in [-0.3, -0.25) is 0 Å². The lowest BCUT2D eigenvalue weighted by Crippen LogP contribution is -2.30. The van der Waals surface area contributed by atoms with E-state index in [4.69, 9.17) is 0 Å². The molecule has 0 aliphatic carbocycles. The highest BCUT2D eigenvalue weighted by atomic mass is 79.9. The molecule has 1 unspecified atom stereocenters. The van der Waals surface area contributed by atoms with Gasteiger partial charge in [-0.25, -0.2) is 0 Å². The van der Waals surface area contributed by atoms with E-state index in [1.807, 2.05) is 19.9 Å². The van der Waals surface area contributed by atoms with Crippen LogP contribution in [0.1, 0.15) is 25.5 Å². The Bertz CT molecular complexity index is 421. The maximum atomic E-state index is 12.3. The lowest BCUT2D eigenvalue weighted by molar-refractivity contribution is -0.119. The summed E-state index contributed by atoms with van der Waals surface area (Å²) in [6.07, 6.45) is -4.20. The molecule has 0 amide bonds. The molecule has 1 N–H and O–H groups in total. The fraction of sp³-hybridized carbons (Fsp3) is 0.538. The van der Waals surface area contributed by atoms with Crippen LogP contribution in [0.5, 0.6) is 0 Å².